The van der Waals surface area contributed by atoms with E-state index in [1.54, 1.807) is 6.07 Å². The van der Waals surface area contributed by atoms with Gasteiger partial charge in [-0.3, -0.25) is 14.9 Å². The lowest BCUT2D eigenvalue weighted by Gasteiger charge is -2.34. The zero-order chi connectivity index (χ0) is 15.6. The SMILES string of the molecule is CC(C)CN1C(=O)CCCC(N)C1c1ccc([N+](=O)[O-])s1. The maximum atomic E-state index is 12.4. The molecular formula is C14H21N3O3S. The number of thiophene rings is 1. The summed E-state index contributed by atoms with van der Waals surface area (Å²) in [5.41, 5.74) is 6.27. The summed E-state index contributed by atoms with van der Waals surface area (Å²) in [7, 11) is 0. The van der Waals surface area contributed by atoms with Crippen LogP contribution in [-0.4, -0.2) is 28.3 Å². The van der Waals surface area contributed by atoms with E-state index in [0.717, 1.165) is 29.1 Å². The summed E-state index contributed by atoms with van der Waals surface area (Å²) in [6.45, 7) is 4.73. The Morgan fingerprint density at radius 1 is 1.52 bits per heavy atom. The molecule has 0 radical (unpaired) electrons. The second-order valence-corrected chi connectivity index (χ2v) is 6.97. The smallest absolute Gasteiger partial charge is 0.324 e. The predicted molar refractivity (Wildman–Crippen MR) is 82.1 cm³/mol. The number of hydrogen-bond donors (Lipinski definition) is 1. The van der Waals surface area contributed by atoms with Crippen molar-refractivity contribution in [3.63, 3.8) is 0 Å². The number of amides is 1. The van der Waals surface area contributed by atoms with Crippen molar-refractivity contribution in [1.82, 2.24) is 4.90 Å². The number of hydrogen-bond acceptors (Lipinski definition) is 5. The van der Waals surface area contributed by atoms with Crippen molar-refractivity contribution < 1.29 is 9.72 Å². The molecule has 0 saturated carbocycles. The second-order valence-electron chi connectivity index (χ2n) is 5.87. The van der Waals surface area contributed by atoms with E-state index in [0.29, 0.717) is 18.9 Å². The maximum absolute atomic E-state index is 12.4. The average molecular weight is 311 g/mol. The first-order valence-electron chi connectivity index (χ1n) is 7.19. The molecule has 1 aliphatic rings. The minimum Gasteiger partial charge on any atom is -0.333 e. The van der Waals surface area contributed by atoms with E-state index >= 15 is 0 Å². The highest BCUT2D eigenvalue weighted by molar-refractivity contribution is 7.15. The van der Waals surface area contributed by atoms with E-state index in [4.69, 9.17) is 5.73 Å². The molecule has 1 aromatic heterocycles. The molecule has 6 nitrogen and oxygen atoms in total. The van der Waals surface area contributed by atoms with E-state index in [1.165, 1.54) is 6.07 Å². The van der Waals surface area contributed by atoms with Gasteiger partial charge in [-0.1, -0.05) is 25.2 Å². The summed E-state index contributed by atoms with van der Waals surface area (Å²) in [4.78, 5) is 25.5. The molecule has 0 bridgehead atoms. The average Bonchev–Trinajstić information content (AvgIpc) is 2.82. The standard InChI is InChI=1S/C14H21N3O3S/c1-9(2)8-16-12(18)5-3-4-10(15)14(16)11-6-7-13(21-11)17(19)20/h6-7,9-10,14H,3-5,8,15H2,1-2H3. The van der Waals surface area contributed by atoms with E-state index in [2.05, 4.69) is 13.8 Å². The van der Waals surface area contributed by atoms with Crippen molar-refractivity contribution >= 4 is 22.2 Å². The van der Waals surface area contributed by atoms with Crippen LogP contribution in [0.4, 0.5) is 5.00 Å². The number of rotatable bonds is 4. The Balaban J connectivity index is 2.36. The molecular weight excluding hydrogens is 290 g/mol. The predicted octanol–water partition coefficient (Wildman–Crippen LogP) is 2.69. The zero-order valence-electron chi connectivity index (χ0n) is 12.3. The van der Waals surface area contributed by atoms with Gasteiger partial charge in [-0.25, -0.2) is 0 Å². The molecule has 2 rings (SSSR count). The van der Waals surface area contributed by atoms with Crippen LogP contribution in [0.25, 0.3) is 0 Å². The molecule has 1 aromatic rings. The quantitative estimate of drug-likeness (QED) is 0.684. The maximum Gasteiger partial charge on any atom is 0.324 e. The fraction of sp³-hybridized carbons (Fsp3) is 0.643. The van der Waals surface area contributed by atoms with E-state index in [1.807, 2.05) is 4.90 Å². The third-order valence-corrected chi connectivity index (χ3v) is 4.74. The number of nitrogens with two attached hydrogens (primary N) is 1. The molecule has 116 valence electrons. The number of nitro groups is 1. The number of carbonyl (C=O) groups excluding carboxylic acids is 1. The van der Waals surface area contributed by atoms with Crippen molar-refractivity contribution in [2.24, 2.45) is 11.7 Å². The largest absolute Gasteiger partial charge is 0.333 e. The Bertz CT molecular complexity index is 529. The van der Waals surface area contributed by atoms with Crippen LogP contribution in [0.1, 0.15) is 44.0 Å². The summed E-state index contributed by atoms with van der Waals surface area (Å²) in [6.07, 6.45) is 2.04. The van der Waals surface area contributed by atoms with Gasteiger partial charge in [0.1, 0.15) is 0 Å². The van der Waals surface area contributed by atoms with E-state index in [9.17, 15) is 14.9 Å². The van der Waals surface area contributed by atoms with Crippen molar-refractivity contribution in [2.75, 3.05) is 6.54 Å². The van der Waals surface area contributed by atoms with Crippen LogP contribution in [-0.2, 0) is 4.79 Å². The Hall–Kier alpha value is -1.47. The third-order valence-electron chi connectivity index (χ3n) is 3.64. The molecule has 1 amide bonds. The summed E-state index contributed by atoms with van der Waals surface area (Å²) >= 11 is 1.12. The molecule has 1 fully saturated rings. The topological polar surface area (TPSA) is 89.5 Å². The lowest BCUT2D eigenvalue weighted by Crippen LogP contribution is -2.43. The van der Waals surface area contributed by atoms with Gasteiger partial charge in [-0.2, -0.15) is 0 Å². The number of likely N-dealkylation sites (tertiary alicyclic amines) is 1. The molecule has 0 aromatic carbocycles. The van der Waals surface area contributed by atoms with Crippen LogP contribution < -0.4 is 5.73 Å². The van der Waals surface area contributed by atoms with Crippen LogP contribution in [0.5, 0.6) is 0 Å². The van der Waals surface area contributed by atoms with Gasteiger partial charge in [0.25, 0.3) is 0 Å². The third kappa shape index (κ3) is 3.59. The molecule has 1 saturated heterocycles. The lowest BCUT2D eigenvalue weighted by atomic mass is 10.0. The summed E-state index contributed by atoms with van der Waals surface area (Å²) < 4.78 is 0. The van der Waals surface area contributed by atoms with Crippen molar-refractivity contribution in [1.29, 1.82) is 0 Å². The monoisotopic (exact) mass is 311 g/mol. The van der Waals surface area contributed by atoms with Crippen LogP contribution in [0.15, 0.2) is 12.1 Å². The minimum atomic E-state index is -0.398. The van der Waals surface area contributed by atoms with Gasteiger partial charge in [-0.05, 0) is 24.8 Å². The van der Waals surface area contributed by atoms with Crippen LogP contribution >= 0.6 is 11.3 Å². The van der Waals surface area contributed by atoms with Crippen LogP contribution in [0.3, 0.4) is 0 Å². The normalized spacial score (nSPS) is 23.4. The fourth-order valence-corrected chi connectivity index (χ4v) is 3.76. The highest BCUT2D eigenvalue weighted by Gasteiger charge is 2.34. The molecule has 7 heteroatoms. The first kappa shape index (κ1) is 15.9. The van der Waals surface area contributed by atoms with Crippen molar-refractivity contribution in [2.45, 2.75) is 45.2 Å². The summed E-state index contributed by atoms with van der Waals surface area (Å²) in [6, 6.07) is 2.81. The summed E-state index contributed by atoms with van der Waals surface area (Å²) in [5, 5.41) is 11.0. The van der Waals surface area contributed by atoms with Crippen LogP contribution in [0, 0.1) is 16.0 Å². The lowest BCUT2D eigenvalue weighted by molar-refractivity contribution is -0.380. The van der Waals surface area contributed by atoms with Gasteiger partial charge in [-0.15, -0.1) is 0 Å². The Labute approximate surface area is 128 Å². The van der Waals surface area contributed by atoms with Crippen molar-refractivity contribution in [3.8, 4) is 0 Å². The minimum absolute atomic E-state index is 0.0951. The van der Waals surface area contributed by atoms with E-state index < -0.39 is 4.92 Å². The molecule has 2 atom stereocenters. The Morgan fingerprint density at radius 2 is 2.24 bits per heavy atom. The Kier molecular flexibility index (Phi) is 4.95. The molecule has 0 spiro atoms. The number of carbonyl (C=O) groups is 1. The molecule has 0 aliphatic carbocycles. The zero-order valence-corrected chi connectivity index (χ0v) is 13.1. The van der Waals surface area contributed by atoms with Gasteiger partial charge in [0.2, 0.25) is 5.91 Å². The second kappa shape index (κ2) is 6.53. The van der Waals surface area contributed by atoms with Gasteiger partial charge in [0, 0.05) is 30.0 Å². The van der Waals surface area contributed by atoms with Gasteiger partial charge in [0.05, 0.1) is 11.0 Å². The molecule has 1 aliphatic heterocycles. The first-order chi connectivity index (χ1) is 9.90. The molecule has 2 unspecified atom stereocenters. The van der Waals surface area contributed by atoms with E-state index in [-0.39, 0.29) is 23.0 Å². The first-order valence-corrected chi connectivity index (χ1v) is 8.01. The highest BCUT2D eigenvalue weighted by atomic mass is 32.1. The molecule has 21 heavy (non-hydrogen) atoms. The van der Waals surface area contributed by atoms with Crippen molar-refractivity contribution in [3.05, 3.63) is 27.1 Å². The fourth-order valence-electron chi connectivity index (χ4n) is 2.75. The Morgan fingerprint density at radius 3 is 2.81 bits per heavy atom. The highest BCUT2D eigenvalue weighted by Crippen LogP contribution is 2.37. The van der Waals surface area contributed by atoms with Gasteiger partial charge in [0.15, 0.2) is 0 Å². The molecule has 2 N–H and O–H groups in total. The summed E-state index contributed by atoms with van der Waals surface area (Å²) in [5.74, 6) is 0.425. The van der Waals surface area contributed by atoms with Gasteiger partial charge >= 0.3 is 5.00 Å². The number of nitrogens with zero attached hydrogens (tertiary/aromatic N) is 2. The van der Waals surface area contributed by atoms with Gasteiger partial charge < -0.3 is 10.6 Å². The van der Waals surface area contributed by atoms with Crippen LogP contribution in [0.2, 0.25) is 0 Å². The molecule has 2 heterocycles.